The average Bonchev–Trinajstić information content (AvgIpc) is 3.29. The molecule has 3 unspecified atom stereocenters. The molecule has 3 atom stereocenters. The first-order valence-corrected chi connectivity index (χ1v) is 9.05. The van der Waals surface area contributed by atoms with Crippen LogP contribution in [0.4, 0.5) is 0 Å². The zero-order valence-corrected chi connectivity index (χ0v) is 15.5. The Kier molecular flexibility index (Phi) is 5.90. The number of benzene rings is 1. The van der Waals surface area contributed by atoms with Gasteiger partial charge in [0, 0.05) is 25.5 Å². The smallest absolute Gasteiger partial charge is 0.239 e. The summed E-state index contributed by atoms with van der Waals surface area (Å²) in [6.07, 6.45) is 6.55. The van der Waals surface area contributed by atoms with Crippen molar-refractivity contribution in [2.75, 3.05) is 7.11 Å². The minimum atomic E-state index is -0.319. The van der Waals surface area contributed by atoms with Crippen LogP contribution in [0.5, 0.6) is 5.75 Å². The molecule has 0 aliphatic carbocycles. The van der Waals surface area contributed by atoms with Gasteiger partial charge in [-0.05, 0) is 30.5 Å². The maximum atomic E-state index is 12.8. The second-order valence-electron chi connectivity index (χ2n) is 6.67. The van der Waals surface area contributed by atoms with E-state index in [0.29, 0.717) is 6.04 Å². The van der Waals surface area contributed by atoms with E-state index in [4.69, 9.17) is 4.74 Å². The van der Waals surface area contributed by atoms with Crippen LogP contribution in [-0.2, 0) is 11.8 Å². The number of carbonyl (C=O) groups excluding carboxylic acids is 1. The summed E-state index contributed by atoms with van der Waals surface area (Å²) in [6, 6.07) is 7.47. The van der Waals surface area contributed by atoms with Crippen LogP contribution in [0.25, 0.3) is 0 Å². The van der Waals surface area contributed by atoms with E-state index in [0.717, 1.165) is 36.4 Å². The molecular formula is C19H27N5O2. The van der Waals surface area contributed by atoms with Gasteiger partial charge < -0.3 is 14.6 Å². The molecule has 0 bridgehead atoms. The highest BCUT2D eigenvalue weighted by atomic mass is 16.5. The number of hydrazine groups is 1. The molecule has 1 aliphatic rings. The first kappa shape index (κ1) is 18.4. The van der Waals surface area contributed by atoms with Gasteiger partial charge in [-0.3, -0.25) is 10.2 Å². The largest absolute Gasteiger partial charge is 0.497 e. The predicted octanol–water partition coefficient (Wildman–Crippen LogP) is 1.67. The molecule has 1 amide bonds. The van der Waals surface area contributed by atoms with Crippen molar-refractivity contribution in [3.8, 4) is 5.75 Å². The van der Waals surface area contributed by atoms with Gasteiger partial charge >= 0.3 is 0 Å². The predicted molar refractivity (Wildman–Crippen MR) is 99.6 cm³/mol. The third kappa shape index (κ3) is 4.05. The highest BCUT2D eigenvalue weighted by molar-refractivity contribution is 5.82. The average molecular weight is 357 g/mol. The molecule has 140 valence electrons. The molecule has 0 saturated carbocycles. The number of carbonyl (C=O) groups is 1. The molecular weight excluding hydrogens is 330 g/mol. The molecule has 1 fully saturated rings. The standard InChI is InChI=1S/C19H27N5O2/c1-4-5-14-12-16(23-22-14)19(25)21-17(18-20-10-11-24(18)2)13-6-8-15(26-3)9-7-13/h6-11,14,16-17,22-23H,4-5,12H2,1-3H3,(H,21,25). The number of aromatic nitrogens is 2. The number of hydrogen-bond acceptors (Lipinski definition) is 5. The Balaban J connectivity index is 1.78. The number of nitrogens with zero attached hydrogens (tertiary/aromatic N) is 2. The monoisotopic (exact) mass is 357 g/mol. The summed E-state index contributed by atoms with van der Waals surface area (Å²) in [7, 11) is 3.57. The molecule has 3 rings (SSSR count). The Morgan fingerprint density at radius 2 is 2.15 bits per heavy atom. The third-order valence-corrected chi connectivity index (χ3v) is 4.79. The molecule has 2 heterocycles. The maximum absolute atomic E-state index is 12.8. The van der Waals surface area contributed by atoms with Gasteiger partial charge in [-0.25, -0.2) is 10.4 Å². The molecule has 1 saturated heterocycles. The summed E-state index contributed by atoms with van der Waals surface area (Å²) in [4.78, 5) is 17.3. The summed E-state index contributed by atoms with van der Waals surface area (Å²) < 4.78 is 7.16. The van der Waals surface area contributed by atoms with Crippen molar-refractivity contribution in [1.82, 2.24) is 25.7 Å². The molecule has 26 heavy (non-hydrogen) atoms. The minimum Gasteiger partial charge on any atom is -0.497 e. The molecule has 1 aliphatic heterocycles. The first-order chi connectivity index (χ1) is 12.6. The van der Waals surface area contributed by atoms with Crippen molar-refractivity contribution in [2.45, 2.75) is 44.3 Å². The Labute approximate surface area is 154 Å². The molecule has 3 N–H and O–H groups in total. The van der Waals surface area contributed by atoms with Crippen molar-refractivity contribution in [3.63, 3.8) is 0 Å². The Hall–Kier alpha value is -2.38. The summed E-state index contributed by atoms with van der Waals surface area (Å²) in [6.45, 7) is 2.15. The van der Waals surface area contributed by atoms with Gasteiger partial charge in [0.1, 0.15) is 23.7 Å². The van der Waals surface area contributed by atoms with Gasteiger partial charge in [0.15, 0.2) is 0 Å². The number of hydrogen-bond donors (Lipinski definition) is 3. The number of amides is 1. The van der Waals surface area contributed by atoms with Gasteiger partial charge in [0.05, 0.1) is 7.11 Å². The lowest BCUT2D eigenvalue weighted by atomic mass is 10.0. The minimum absolute atomic E-state index is 0.0279. The van der Waals surface area contributed by atoms with Crippen LogP contribution in [0, 0.1) is 0 Å². The molecule has 2 aromatic rings. The second kappa shape index (κ2) is 8.33. The van der Waals surface area contributed by atoms with Crippen LogP contribution < -0.4 is 20.9 Å². The van der Waals surface area contributed by atoms with E-state index in [1.165, 1.54) is 0 Å². The van der Waals surface area contributed by atoms with Crippen molar-refractivity contribution >= 4 is 5.91 Å². The Morgan fingerprint density at radius 1 is 1.38 bits per heavy atom. The van der Waals surface area contributed by atoms with Gasteiger partial charge in [-0.1, -0.05) is 25.5 Å². The SMILES string of the molecule is CCCC1CC(C(=O)NC(c2ccc(OC)cc2)c2nccn2C)NN1. The molecule has 1 aromatic heterocycles. The zero-order chi connectivity index (χ0) is 18.5. The summed E-state index contributed by atoms with van der Waals surface area (Å²) in [5, 5.41) is 3.15. The van der Waals surface area contributed by atoms with E-state index in [9.17, 15) is 4.79 Å². The quantitative estimate of drug-likeness (QED) is 0.702. The topological polar surface area (TPSA) is 80.2 Å². The molecule has 0 spiro atoms. The molecule has 7 nitrogen and oxygen atoms in total. The lowest BCUT2D eigenvalue weighted by molar-refractivity contribution is -0.123. The van der Waals surface area contributed by atoms with Crippen LogP contribution in [0.3, 0.4) is 0 Å². The highest BCUT2D eigenvalue weighted by Gasteiger charge is 2.31. The Bertz CT molecular complexity index is 728. The fourth-order valence-electron chi connectivity index (χ4n) is 3.32. The summed E-state index contributed by atoms with van der Waals surface area (Å²) >= 11 is 0. The zero-order valence-electron chi connectivity index (χ0n) is 15.5. The third-order valence-electron chi connectivity index (χ3n) is 4.79. The lowest BCUT2D eigenvalue weighted by Gasteiger charge is -2.21. The molecule has 7 heteroatoms. The van der Waals surface area contributed by atoms with Gasteiger partial charge in [-0.2, -0.15) is 0 Å². The van der Waals surface area contributed by atoms with Crippen LogP contribution >= 0.6 is 0 Å². The highest BCUT2D eigenvalue weighted by Crippen LogP contribution is 2.23. The summed E-state index contributed by atoms with van der Waals surface area (Å²) in [5.74, 6) is 1.54. The van der Waals surface area contributed by atoms with Gasteiger partial charge in [0.2, 0.25) is 5.91 Å². The van der Waals surface area contributed by atoms with Gasteiger partial charge in [-0.15, -0.1) is 0 Å². The number of nitrogens with one attached hydrogen (secondary N) is 3. The fourth-order valence-corrected chi connectivity index (χ4v) is 3.32. The lowest BCUT2D eigenvalue weighted by Crippen LogP contribution is -2.45. The van der Waals surface area contributed by atoms with Crippen LogP contribution in [-0.4, -0.2) is 34.7 Å². The first-order valence-electron chi connectivity index (χ1n) is 9.05. The number of methoxy groups -OCH3 is 1. The second-order valence-corrected chi connectivity index (χ2v) is 6.67. The summed E-state index contributed by atoms with van der Waals surface area (Å²) in [5.41, 5.74) is 7.29. The van der Waals surface area contributed by atoms with Crippen molar-refractivity contribution in [1.29, 1.82) is 0 Å². The van der Waals surface area contributed by atoms with E-state index in [1.54, 1.807) is 13.3 Å². The van der Waals surface area contributed by atoms with Crippen molar-refractivity contribution < 1.29 is 9.53 Å². The maximum Gasteiger partial charge on any atom is 0.239 e. The van der Waals surface area contributed by atoms with E-state index in [1.807, 2.05) is 42.1 Å². The van der Waals surface area contributed by atoms with E-state index in [-0.39, 0.29) is 18.0 Å². The van der Waals surface area contributed by atoms with Crippen molar-refractivity contribution in [3.05, 3.63) is 48.0 Å². The molecule has 0 radical (unpaired) electrons. The fraction of sp³-hybridized carbons (Fsp3) is 0.474. The number of aryl methyl sites for hydroxylation is 1. The molecule has 1 aromatic carbocycles. The van der Waals surface area contributed by atoms with E-state index < -0.39 is 0 Å². The van der Waals surface area contributed by atoms with E-state index >= 15 is 0 Å². The number of ether oxygens (including phenoxy) is 1. The normalized spacial score (nSPS) is 20.7. The van der Waals surface area contributed by atoms with Crippen LogP contribution in [0.1, 0.15) is 43.6 Å². The van der Waals surface area contributed by atoms with Gasteiger partial charge in [0.25, 0.3) is 0 Å². The Morgan fingerprint density at radius 3 is 2.77 bits per heavy atom. The number of imidazole rings is 1. The van der Waals surface area contributed by atoms with Crippen molar-refractivity contribution in [2.24, 2.45) is 7.05 Å². The number of rotatable bonds is 7. The van der Waals surface area contributed by atoms with Crippen LogP contribution in [0.15, 0.2) is 36.7 Å². The van der Waals surface area contributed by atoms with Crippen LogP contribution in [0.2, 0.25) is 0 Å². The van der Waals surface area contributed by atoms with E-state index in [2.05, 4.69) is 28.1 Å².